The van der Waals surface area contributed by atoms with Crippen LogP contribution in [-0.2, 0) is 13.5 Å². The third kappa shape index (κ3) is 5.77. The molecule has 0 spiro atoms. The molecule has 0 fully saturated rings. The summed E-state index contributed by atoms with van der Waals surface area (Å²) in [6.07, 6.45) is 6.96. The van der Waals surface area contributed by atoms with Gasteiger partial charge in [0, 0.05) is 12.5 Å². The van der Waals surface area contributed by atoms with E-state index in [0.29, 0.717) is 6.04 Å². The summed E-state index contributed by atoms with van der Waals surface area (Å²) in [6, 6.07) is 0.650. The van der Waals surface area contributed by atoms with E-state index in [1.165, 1.54) is 30.5 Å². The Morgan fingerprint density at radius 1 is 1.24 bits per heavy atom. The van der Waals surface area contributed by atoms with E-state index in [2.05, 4.69) is 34.6 Å². The van der Waals surface area contributed by atoms with Crippen LogP contribution in [0.5, 0.6) is 0 Å². The summed E-state index contributed by atoms with van der Waals surface area (Å²) in [7, 11) is 1.80. The largest absolute Gasteiger partial charge is 0.314 e. The number of rotatable bonds is 9. The van der Waals surface area contributed by atoms with Crippen LogP contribution in [0.2, 0.25) is 0 Å². The van der Waals surface area contributed by atoms with E-state index in [1.54, 1.807) is 7.05 Å². The summed E-state index contributed by atoms with van der Waals surface area (Å²) in [5.74, 6) is 0.859. The van der Waals surface area contributed by atoms with Gasteiger partial charge >= 0.3 is 0 Å². The van der Waals surface area contributed by atoms with E-state index in [9.17, 15) is 0 Å². The Bertz CT molecular complexity index is 297. The lowest BCUT2D eigenvalue weighted by atomic mass is 10.0. The Balaban J connectivity index is 2.21. The molecule has 0 saturated heterocycles. The number of nitrogens with one attached hydrogen (secondary N) is 1. The average molecular weight is 239 g/mol. The summed E-state index contributed by atoms with van der Waals surface area (Å²) in [5.41, 5.74) is 0. The fourth-order valence-corrected chi connectivity index (χ4v) is 1.98. The molecule has 0 aliphatic rings. The van der Waals surface area contributed by atoms with E-state index in [1.807, 2.05) is 0 Å². The number of hydrogen-bond donors (Lipinski definition) is 1. The van der Waals surface area contributed by atoms with Gasteiger partial charge in [-0.05, 0) is 37.4 Å². The molecule has 1 atom stereocenters. The Kier molecular flexibility index (Phi) is 6.77. The van der Waals surface area contributed by atoms with Gasteiger partial charge in [0.15, 0.2) is 5.82 Å². The van der Waals surface area contributed by atoms with E-state index >= 15 is 0 Å². The Hall–Kier alpha value is -0.970. The smallest absolute Gasteiger partial charge is 0.174 e. The van der Waals surface area contributed by atoms with Gasteiger partial charge in [-0.1, -0.05) is 20.3 Å². The predicted molar refractivity (Wildman–Crippen MR) is 68.7 cm³/mol. The van der Waals surface area contributed by atoms with Crippen LogP contribution in [0.4, 0.5) is 0 Å². The molecule has 0 saturated carbocycles. The molecule has 5 heteroatoms. The summed E-state index contributed by atoms with van der Waals surface area (Å²) < 4.78 is 0. The molecule has 0 radical (unpaired) electrons. The summed E-state index contributed by atoms with van der Waals surface area (Å²) in [6.45, 7) is 5.57. The van der Waals surface area contributed by atoms with Gasteiger partial charge in [0.1, 0.15) is 0 Å². The molecule has 0 aliphatic heterocycles. The second kappa shape index (κ2) is 8.17. The topological polar surface area (TPSA) is 55.6 Å². The first-order valence-electron chi connectivity index (χ1n) is 6.72. The highest BCUT2D eigenvalue weighted by molar-refractivity contribution is 4.78. The lowest BCUT2D eigenvalue weighted by Crippen LogP contribution is -2.29. The summed E-state index contributed by atoms with van der Waals surface area (Å²) in [4.78, 5) is 1.52. The molecule has 17 heavy (non-hydrogen) atoms. The van der Waals surface area contributed by atoms with Crippen LogP contribution >= 0.6 is 0 Å². The van der Waals surface area contributed by atoms with Crippen molar-refractivity contribution in [3.63, 3.8) is 0 Å². The minimum absolute atomic E-state index is 0.650. The molecular weight excluding hydrogens is 214 g/mol. The van der Waals surface area contributed by atoms with Gasteiger partial charge < -0.3 is 5.32 Å². The molecular formula is C12H25N5. The van der Waals surface area contributed by atoms with E-state index < -0.39 is 0 Å². The van der Waals surface area contributed by atoms with Crippen molar-refractivity contribution < 1.29 is 0 Å². The second-order valence-electron chi connectivity index (χ2n) is 4.53. The zero-order chi connectivity index (χ0) is 12.5. The number of nitrogens with zero attached hydrogens (tertiary/aromatic N) is 4. The van der Waals surface area contributed by atoms with Crippen molar-refractivity contribution in [1.29, 1.82) is 0 Å². The number of tetrazole rings is 1. The second-order valence-corrected chi connectivity index (χ2v) is 4.53. The average Bonchev–Trinajstić information content (AvgIpc) is 2.72. The molecule has 1 heterocycles. The maximum absolute atomic E-state index is 4.19. The maximum Gasteiger partial charge on any atom is 0.174 e. The fourth-order valence-electron chi connectivity index (χ4n) is 1.98. The zero-order valence-electron chi connectivity index (χ0n) is 11.3. The number of aromatic nitrogens is 4. The van der Waals surface area contributed by atoms with Crippen molar-refractivity contribution in [3.8, 4) is 0 Å². The molecule has 1 unspecified atom stereocenters. The first kappa shape index (κ1) is 14.1. The van der Waals surface area contributed by atoms with Crippen LogP contribution in [0.1, 0.15) is 51.8 Å². The lowest BCUT2D eigenvalue weighted by molar-refractivity contribution is 0.436. The van der Waals surface area contributed by atoms with Crippen molar-refractivity contribution in [2.75, 3.05) is 6.54 Å². The lowest BCUT2D eigenvalue weighted by Gasteiger charge is -2.17. The molecule has 1 aromatic rings. The molecule has 5 nitrogen and oxygen atoms in total. The van der Waals surface area contributed by atoms with Crippen molar-refractivity contribution in [1.82, 2.24) is 25.5 Å². The van der Waals surface area contributed by atoms with Crippen molar-refractivity contribution in [2.45, 2.75) is 58.4 Å². The van der Waals surface area contributed by atoms with E-state index in [0.717, 1.165) is 25.2 Å². The van der Waals surface area contributed by atoms with Crippen LogP contribution in [-0.4, -0.2) is 32.8 Å². The quantitative estimate of drug-likeness (QED) is 0.712. The third-order valence-electron chi connectivity index (χ3n) is 2.82. The van der Waals surface area contributed by atoms with Gasteiger partial charge in [-0.15, -0.1) is 10.2 Å². The predicted octanol–water partition coefficient (Wildman–Crippen LogP) is 1.70. The fraction of sp³-hybridized carbons (Fsp3) is 0.917. The van der Waals surface area contributed by atoms with Crippen LogP contribution in [0.15, 0.2) is 0 Å². The highest BCUT2D eigenvalue weighted by Gasteiger charge is 2.07. The van der Waals surface area contributed by atoms with Gasteiger partial charge in [-0.2, -0.15) is 4.80 Å². The van der Waals surface area contributed by atoms with Crippen LogP contribution < -0.4 is 5.32 Å². The normalized spacial score (nSPS) is 12.9. The minimum Gasteiger partial charge on any atom is -0.314 e. The van der Waals surface area contributed by atoms with E-state index in [4.69, 9.17) is 0 Å². The highest BCUT2D eigenvalue weighted by Crippen LogP contribution is 2.07. The summed E-state index contributed by atoms with van der Waals surface area (Å²) >= 11 is 0. The number of hydrogen-bond acceptors (Lipinski definition) is 4. The molecule has 0 bridgehead atoms. The van der Waals surface area contributed by atoms with Crippen LogP contribution in [0, 0.1) is 0 Å². The molecule has 0 aliphatic carbocycles. The third-order valence-corrected chi connectivity index (χ3v) is 2.82. The Morgan fingerprint density at radius 2 is 2.06 bits per heavy atom. The first-order valence-corrected chi connectivity index (χ1v) is 6.72. The SMILES string of the molecule is CCCNC(CCC)CCCc1nnn(C)n1. The highest BCUT2D eigenvalue weighted by atomic mass is 15.6. The molecule has 1 N–H and O–H groups in total. The van der Waals surface area contributed by atoms with E-state index in [-0.39, 0.29) is 0 Å². The van der Waals surface area contributed by atoms with Crippen molar-refractivity contribution >= 4 is 0 Å². The molecule has 1 aromatic heterocycles. The Morgan fingerprint density at radius 3 is 2.65 bits per heavy atom. The first-order chi connectivity index (χ1) is 8.26. The standard InChI is InChI=1S/C12H25N5/c1-4-7-11(13-10-5-2)8-6-9-12-14-16-17(3)15-12/h11,13H,4-10H2,1-3H3. The van der Waals surface area contributed by atoms with Crippen molar-refractivity contribution in [2.24, 2.45) is 7.05 Å². The zero-order valence-corrected chi connectivity index (χ0v) is 11.3. The van der Waals surface area contributed by atoms with Crippen LogP contribution in [0.25, 0.3) is 0 Å². The van der Waals surface area contributed by atoms with Gasteiger partial charge in [0.05, 0.1) is 7.05 Å². The van der Waals surface area contributed by atoms with Gasteiger partial charge in [0.2, 0.25) is 0 Å². The Labute approximate surface area is 104 Å². The van der Waals surface area contributed by atoms with Gasteiger partial charge in [-0.25, -0.2) is 0 Å². The van der Waals surface area contributed by atoms with Crippen LogP contribution in [0.3, 0.4) is 0 Å². The molecule has 0 aromatic carbocycles. The monoisotopic (exact) mass is 239 g/mol. The number of aryl methyl sites for hydroxylation is 2. The molecule has 1 rings (SSSR count). The van der Waals surface area contributed by atoms with Crippen molar-refractivity contribution in [3.05, 3.63) is 5.82 Å². The minimum atomic E-state index is 0.650. The molecule has 0 amide bonds. The van der Waals surface area contributed by atoms with Gasteiger partial charge in [-0.3, -0.25) is 0 Å². The van der Waals surface area contributed by atoms with Gasteiger partial charge in [0.25, 0.3) is 0 Å². The molecule has 98 valence electrons. The maximum atomic E-state index is 4.19. The summed E-state index contributed by atoms with van der Waals surface area (Å²) in [5, 5.41) is 15.6.